The Morgan fingerprint density at radius 1 is 1.03 bits per heavy atom. The van der Waals surface area contributed by atoms with Crippen LogP contribution in [0.25, 0.3) is 0 Å². The lowest BCUT2D eigenvalue weighted by atomic mass is 9.74. The molecule has 0 unspecified atom stereocenters. The summed E-state index contributed by atoms with van der Waals surface area (Å²) in [5.74, 6) is 0.488. The second-order valence-corrected chi connectivity index (χ2v) is 7.96. The van der Waals surface area contributed by atoms with Crippen LogP contribution in [0, 0.1) is 5.41 Å². The number of anilines is 1. The van der Waals surface area contributed by atoms with E-state index in [0.717, 1.165) is 19.3 Å². The number of likely N-dealkylation sites (tertiary alicyclic amines) is 1. The van der Waals surface area contributed by atoms with Crippen molar-refractivity contribution in [3.63, 3.8) is 0 Å². The summed E-state index contributed by atoms with van der Waals surface area (Å²) >= 11 is 0. The first-order chi connectivity index (χ1) is 15.1. The molecule has 0 spiro atoms. The monoisotopic (exact) mass is 424 g/mol. The molecule has 1 heterocycles. The fourth-order valence-electron chi connectivity index (χ4n) is 4.20. The van der Waals surface area contributed by atoms with E-state index in [1.165, 1.54) is 5.56 Å². The molecule has 0 aromatic heterocycles. The normalized spacial score (nSPS) is 15.2. The molecule has 1 aliphatic rings. The minimum absolute atomic E-state index is 0.132. The van der Waals surface area contributed by atoms with Crippen molar-refractivity contribution in [3.8, 4) is 5.75 Å². The summed E-state index contributed by atoms with van der Waals surface area (Å²) in [6, 6.07) is 17.5. The number of nitrogens with zero attached hydrogens (tertiary/aromatic N) is 1. The molecular formula is C25H32N2O4. The molecular weight excluding hydrogens is 392 g/mol. The average Bonchev–Trinajstić information content (AvgIpc) is 2.80. The van der Waals surface area contributed by atoms with E-state index in [-0.39, 0.29) is 12.0 Å². The summed E-state index contributed by atoms with van der Waals surface area (Å²) in [5, 5.41) is 2.92. The molecule has 0 atom stereocenters. The van der Waals surface area contributed by atoms with E-state index >= 15 is 0 Å². The van der Waals surface area contributed by atoms with Crippen molar-refractivity contribution in [1.82, 2.24) is 4.90 Å². The summed E-state index contributed by atoms with van der Waals surface area (Å²) in [5.41, 5.74) is 1.39. The molecule has 2 aromatic carbocycles. The summed E-state index contributed by atoms with van der Waals surface area (Å²) in [7, 11) is 1.58. The third kappa shape index (κ3) is 5.78. The van der Waals surface area contributed by atoms with Crippen LogP contribution in [-0.2, 0) is 16.0 Å². The number of ether oxygens (including phenoxy) is 2. The van der Waals surface area contributed by atoms with E-state index in [1.807, 2.05) is 49.4 Å². The highest BCUT2D eigenvalue weighted by Crippen LogP contribution is 2.38. The first kappa shape index (κ1) is 22.7. The number of hydrogen-bond donors (Lipinski definition) is 1. The quantitative estimate of drug-likeness (QED) is 0.613. The number of carbonyl (C=O) groups is 2. The number of methoxy groups -OCH3 is 1. The molecule has 3 rings (SSSR count). The SMILES string of the molecule is CCOC(=O)C1(CCCc2ccccc2)CCN(C(=O)Nc2ccccc2OC)CC1. The Labute approximate surface area is 184 Å². The molecule has 6 heteroatoms. The van der Waals surface area contributed by atoms with Gasteiger partial charge in [-0.1, -0.05) is 42.5 Å². The topological polar surface area (TPSA) is 67.9 Å². The molecule has 2 amide bonds. The van der Waals surface area contributed by atoms with E-state index in [9.17, 15) is 9.59 Å². The van der Waals surface area contributed by atoms with E-state index in [4.69, 9.17) is 9.47 Å². The van der Waals surface area contributed by atoms with Gasteiger partial charge in [-0.2, -0.15) is 0 Å². The van der Waals surface area contributed by atoms with Crippen molar-refractivity contribution in [2.45, 2.75) is 39.0 Å². The van der Waals surface area contributed by atoms with Crippen molar-refractivity contribution in [2.24, 2.45) is 5.41 Å². The zero-order chi connectivity index (χ0) is 22.1. The number of benzene rings is 2. The molecule has 2 aromatic rings. The summed E-state index contributed by atoms with van der Waals surface area (Å²) in [4.78, 5) is 27.4. The molecule has 0 radical (unpaired) electrons. The molecule has 1 N–H and O–H groups in total. The van der Waals surface area contributed by atoms with E-state index in [0.29, 0.717) is 44.0 Å². The van der Waals surface area contributed by atoms with Crippen LogP contribution in [0.3, 0.4) is 0 Å². The van der Waals surface area contributed by atoms with Crippen molar-refractivity contribution in [1.29, 1.82) is 0 Å². The number of hydrogen-bond acceptors (Lipinski definition) is 4. The van der Waals surface area contributed by atoms with Crippen LogP contribution in [-0.4, -0.2) is 43.7 Å². The van der Waals surface area contributed by atoms with Crippen LogP contribution in [0.1, 0.15) is 38.2 Å². The van der Waals surface area contributed by atoms with E-state index < -0.39 is 5.41 Å². The zero-order valence-corrected chi connectivity index (χ0v) is 18.4. The Balaban J connectivity index is 1.60. The fourth-order valence-corrected chi connectivity index (χ4v) is 4.20. The Kier molecular flexibility index (Phi) is 7.93. The smallest absolute Gasteiger partial charge is 0.321 e. The second-order valence-electron chi connectivity index (χ2n) is 7.96. The number of carbonyl (C=O) groups excluding carboxylic acids is 2. The van der Waals surface area contributed by atoms with Crippen LogP contribution in [0.15, 0.2) is 54.6 Å². The van der Waals surface area contributed by atoms with Gasteiger partial charge >= 0.3 is 12.0 Å². The second kappa shape index (κ2) is 10.8. The largest absolute Gasteiger partial charge is 0.495 e. The minimum Gasteiger partial charge on any atom is -0.495 e. The molecule has 1 saturated heterocycles. The molecule has 1 aliphatic heterocycles. The van der Waals surface area contributed by atoms with E-state index in [1.54, 1.807) is 12.0 Å². The maximum absolute atomic E-state index is 12.9. The van der Waals surface area contributed by atoms with Crippen molar-refractivity contribution in [3.05, 3.63) is 60.2 Å². The molecule has 6 nitrogen and oxygen atoms in total. The van der Waals surface area contributed by atoms with Gasteiger partial charge in [0.1, 0.15) is 5.75 Å². The summed E-state index contributed by atoms with van der Waals surface area (Å²) < 4.78 is 10.7. The molecule has 0 bridgehead atoms. The van der Waals surface area contributed by atoms with Gasteiger partial charge in [0.25, 0.3) is 0 Å². The molecule has 31 heavy (non-hydrogen) atoms. The number of nitrogens with one attached hydrogen (secondary N) is 1. The third-order valence-corrected chi connectivity index (χ3v) is 6.03. The number of para-hydroxylation sites is 2. The molecule has 166 valence electrons. The number of amides is 2. The number of urea groups is 1. The Morgan fingerprint density at radius 3 is 2.39 bits per heavy atom. The summed E-state index contributed by atoms with van der Waals surface area (Å²) in [6.07, 6.45) is 3.83. The van der Waals surface area contributed by atoms with Gasteiger partial charge in [0.05, 0.1) is 24.8 Å². The van der Waals surface area contributed by atoms with Crippen molar-refractivity contribution < 1.29 is 19.1 Å². The highest BCUT2D eigenvalue weighted by Gasteiger charge is 2.43. The number of aryl methyl sites for hydroxylation is 1. The van der Waals surface area contributed by atoms with Crippen LogP contribution in [0.5, 0.6) is 5.75 Å². The fraction of sp³-hybridized carbons (Fsp3) is 0.440. The van der Waals surface area contributed by atoms with Gasteiger partial charge in [0, 0.05) is 13.1 Å². The lowest BCUT2D eigenvalue weighted by Gasteiger charge is -2.40. The highest BCUT2D eigenvalue weighted by molar-refractivity contribution is 5.91. The zero-order valence-electron chi connectivity index (χ0n) is 18.4. The number of esters is 1. The van der Waals surface area contributed by atoms with Gasteiger partial charge in [-0.25, -0.2) is 4.79 Å². The molecule has 0 saturated carbocycles. The van der Waals surface area contributed by atoms with Gasteiger partial charge in [-0.15, -0.1) is 0 Å². The van der Waals surface area contributed by atoms with Gasteiger partial charge in [0.2, 0.25) is 0 Å². The van der Waals surface area contributed by atoms with Crippen LogP contribution >= 0.6 is 0 Å². The van der Waals surface area contributed by atoms with Gasteiger partial charge in [0.15, 0.2) is 0 Å². The Morgan fingerprint density at radius 2 is 1.71 bits per heavy atom. The molecule has 1 fully saturated rings. The van der Waals surface area contributed by atoms with Gasteiger partial charge in [-0.3, -0.25) is 4.79 Å². The van der Waals surface area contributed by atoms with Crippen LogP contribution < -0.4 is 10.1 Å². The number of rotatable bonds is 8. The average molecular weight is 425 g/mol. The Bertz CT molecular complexity index is 861. The van der Waals surface area contributed by atoms with Gasteiger partial charge in [-0.05, 0) is 56.7 Å². The first-order valence-corrected chi connectivity index (χ1v) is 11.0. The standard InChI is InChI=1S/C25H32N2O4/c1-3-31-23(28)25(15-9-12-20-10-5-4-6-11-20)16-18-27(19-17-25)24(29)26-21-13-7-8-14-22(21)30-2/h4-8,10-11,13-14H,3,9,12,15-19H2,1-2H3,(H,26,29). The predicted molar refractivity (Wildman–Crippen MR) is 121 cm³/mol. The van der Waals surface area contributed by atoms with Crippen LogP contribution in [0.4, 0.5) is 10.5 Å². The third-order valence-electron chi connectivity index (χ3n) is 6.03. The van der Waals surface area contributed by atoms with Crippen molar-refractivity contribution >= 4 is 17.7 Å². The maximum Gasteiger partial charge on any atom is 0.321 e. The number of piperidine rings is 1. The van der Waals surface area contributed by atoms with Crippen molar-refractivity contribution in [2.75, 3.05) is 32.1 Å². The lowest BCUT2D eigenvalue weighted by Crippen LogP contribution is -2.48. The van der Waals surface area contributed by atoms with E-state index in [2.05, 4.69) is 17.4 Å². The van der Waals surface area contributed by atoms with Crippen LogP contribution in [0.2, 0.25) is 0 Å². The van der Waals surface area contributed by atoms with Gasteiger partial charge < -0.3 is 19.7 Å². The lowest BCUT2D eigenvalue weighted by molar-refractivity contribution is -0.158. The predicted octanol–water partition coefficient (Wildman–Crippen LogP) is 4.90. The summed E-state index contributed by atoms with van der Waals surface area (Å²) in [6.45, 7) is 3.25. The minimum atomic E-state index is -0.522. The first-order valence-electron chi connectivity index (χ1n) is 11.0. The maximum atomic E-state index is 12.9. The molecule has 0 aliphatic carbocycles. The Hall–Kier alpha value is -3.02. The highest BCUT2D eigenvalue weighted by atomic mass is 16.5.